The molecule has 0 aliphatic rings. The van der Waals surface area contributed by atoms with Gasteiger partial charge in [-0.3, -0.25) is 0 Å². The SMILES string of the molecule is O=C(Oc1ccc(O)cc1Cl)c1ccc(O)cc1. The normalized spacial score (nSPS) is 10.1. The first-order valence-electron chi connectivity index (χ1n) is 5.06. The maximum atomic E-state index is 11.7. The highest BCUT2D eigenvalue weighted by Crippen LogP contribution is 2.28. The van der Waals surface area contributed by atoms with E-state index < -0.39 is 5.97 Å². The molecule has 0 amide bonds. The van der Waals surface area contributed by atoms with Crippen molar-refractivity contribution >= 4 is 17.6 Å². The van der Waals surface area contributed by atoms with Crippen molar-refractivity contribution in [2.75, 3.05) is 0 Å². The van der Waals surface area contributed by atoms with Crippen molar-refractivity contribution in [3.63, 3.8) is 0 Å². The minimum atomic E-state index is -0.595. The van der Waals surface area contributed by atoms with Crippen LogP contribution >= 0.6 is 11.6 Å². The summed E-state index contributed by atoms with van der Waals surface area (Å²) in [6.07, 6.45) is 0. The van der Waals surface area contributed by atoms with E-state index in [2.05, 4.69) is 0 Å². The van der Waals surface area contributed by atoms with E-state index in [-0.39, 0.29) is 27.8 Å². The van der Waals surface area contributed by atoms with E-state index in [4.69, 9.17) is 26.6 Å². The van der Waals surface area contributed by atoms with E-state index in [0.29, 0.717) is 0 Å². The smallest absolute Gasteiger partial charge is 0.343 e. The molecule has 0 bridgehead atoms. The highest BCUT2D eigenvalue weighted by atomic mass is 35.5. The van der Waals surface area contributed by atoms with Crippen molar-refractivity contribution in [1.82, 2.24) is 0 Å². The van der Waals surface area contributed by atoms with Gasteiger partial charge in [0.25, 0.3) is 0 Å². The van der Waals surface area contributed by atoms with Gasteiger partial charge in [-0.2, -0.15) is 0 Å². The summed E-state index contributed by atoms with van der Waals surface area (Å²) in [5.74, 6) is -0.381. The number of esters is 1. The maximum absolute atomic E-state index is 11.7. The molecule has 4 nitrogen and oxygen atoms in total. The number of benzene rings is 2. The third-order valence-corrected chi connectivity index (χ3v) is 2.52. The predicted octanol–water partition coefficient (Wildman–Crippen LogP) is 2.97. The van der Waals surface area contributed by atoms with E-state index in [9.17, 15) is 4.79 Å². The van der Waals surface area contributed by atoms with Crippen molar-refractivity contribution in [1.29, 1.82) is 0 Å². The van der Waals surface area contributed by atoms with Gasteiger partial charge >= 0.3 is 5.97 Å². The van der Waals surface area contributed by atoms with Crippen molar-refractivity contribution < 1.29 is 19.7 Å². The van der Waals surface area contributed by atoms with Gasteiger partial charge in [-0.05, 0) is 36.4 Å². The summed E-state index contributed by atoms with van der Waals surface area (Å²) in [5.41, 5.74) is 0.289. The van der Waals surface area contributed by atoms with E-state index in [1.54, 1.807) is 0 Å². The molecule has 0 saturated carbocycles. The summed E-state index contributed by atoms with van der Waals surface area (Å²) < 4.78 is 5.06. The van der Waals surface area contributed by atoms with Crippen LogP contribution in [0.15, 0.2) is 42.5 Å². The lowest BCUT2D eigenvalue weighted by molar-refractivity contribution is 0.0734. The predicted molar refractivity (Wildman–Crippen MR) is 66.2 cm³/mol. The van der Waals surface area contributed by atoms with Crippen LogP contribution in [0.2, 0.25) is 5.02 Å². The van der Waals surface area contributed by atoms with Crippen LogP contribution in [0.5, 0.6) is 17.2 Å². The van der Waals surface area contributed by atoms with Crippen molar-refractivity contribution in [2.24, 2.45) is 0 Å². The Hall–Kier alpha value is -2.20. The largest absolute Gasteiger partial charge is 0.508 e. The van der Waals surface area contributed by atoms with Gasteiger partial charge in [-0.25, -0.2) is 4.79 Å². The minimum Gasteiger partial charge on any atom is -0.508 e. The molecule has 0 fully saturated rings. The van der Waals surface area contributed by atoms with Crippen molar-refractivity contribution in [3.8, 4) is 17.2 Å². The van der Waals surface area contributed by atoms with Crippen LogP contribution in [0.3, 0.4) is 0 Å². The fourth-order valence-electron chi connectivity index (χ4n) is 1.33. The molecule has 0 aliphatic carbocycles. The number of carbonyl (C=O) groups excluding carboxylic acids is 1. The molecule has 0 aliphatic heterocycles. The van der Waals surface area contributed by atoms with Gasteiger partial charge in [0.15, 0.2) is 0 Å². The van der Waals surface area contributed by atoms with Crippen LogP contribution < -0.4 is 4.74 Å². The summed E-state index contributed by atoms with van der Waals surface area (Å²) in [6.45, 7) is 0. The number of rotatable bonds is 2. The van der Waals surface area contributed by atoms with Gasteiger partial charge in [0.05, 0.1) is 10.6 Å². The second-order valence-electron chi connectivity index (χ2n) is 3.55. The molecule has 0 aromatic heterocycles. The lowest BCUT2D eigenvalue weighted by Crippen LogP contribution is -2.08. The molecule has 92 valence electrons. The third kappa shape index (κ3) is 2.73. The van der Waals surface area contributed by atoms with Gasteiger partial charge in [0, 0.05) is 6.07 Å². The molecule has 0 spiro atoms. The standard InChI is InChI=1S/C13H9ClO4/c14-11-7-10(16)5-6-12(11)18-13(17)8-1-3-9(15)4-2-8/h1-7,15-16H. The zero-order valence-electron chi connectivity index (χ0n) is 9.13. The quantitative estimate of drug-likeness (QED) is 0.646. The van der Waals surface area contributed by atoms with E-state index in [1.165, 1.54) is 42.5 Å². The topological polar surface area (TPSA) is 66.8 Å². The fraction of sp³-hybridized carbons (Fsp3) is 0. The van der Waals surface area contributed by atoms with E-state index in [0.717, 1.165) is 0 Å². The number of phenols is 2. The Morgan fingerprint density at radius 1 is 1.00 bits per heavy atom. The number of ether oxygens (including phenoxy) is 1. The maximum Gasteiger partial charge on any atom is 0.343 e. The van der Waals surface area contributed by atoms with Gasteiger partial charge in [-0.1, -0.05) is 11.6 Å². The van der Waals surface area contributed by atoms with Crippen LogP contribution in [-0.2, 0) is 0 Å². The Bertz CT molecular complexity index is 578. The zero-order valence-corrected chi connectivity index (χ0v) is 9.89. The molecule has 2 aromatic carbocycles. The zero-order chi connectivity index (χ0) is 13.1. The number of hydrogen-bond donors (Lipinski definition) is 2. The molecular weight excluding hydrogens is 256 g/mol. The third-order valence-electron chi connectivity index (χ3n) is 2.22. The van der Waals surface area contributed by atoms with Crippen LogP contribution in [0.4, 0.5) is 0 Å². The molecule has 18 heavy (non-hydrogen) atoms. The summed E-state index contributed by atoms with van der Waals surface area (Å²) >= 11 is 5.81. The average molecular weight is 265 g/mol. The molecule has 0 unspecified atom stereocenters. The number of halogens is 1. The Morgan fingerprint density at radius 2 is 1.61 bits per heavy atom. The molecule has 0 atom stereocenters. The summed E-state index contributed by atoms with van der Waals surface area (Å²) in [5, 5.41) is 18.4. The average Bonchev–Trinajstić information content (AvgIpc) is 2.33. The van der Waals surface area contributed by atoms with Gasteiger partial charge in [-0.15, -0.1) is 0 Å². The first-order chi connectivity index (χ1) is 8.56. The first-order valence-corrected chi connectivity index (χ1v) is 5.44. The summed E-state index contributed by atoms with van der Waals surface area (Å²) in [6, 6.07) is 9.68. The minimum absolute atomic E-state index is 0.00978. The number of phenolic OH excluding ortho intramolecular Hbond substituents is 2. The van der Waals surface area contributed by atoms with Crippen LogP contribution in [0.25, 0.3) is 0 Å². The lowest BCUT2D eigenvalue weighted by Gasteiger charge is -2.06. The summed E-state index contributed by atoms with van der Waals surface area (Å²) in [4.78, 5) is 11.7. The monoisotopic (exact) mass is 264 g/mol. The molecule has 0 radical (unpaired) electrons. The Labute approximate surface area is 108 Å². The Balaban J connectivity index is 2.18. The molecule has 0 heterocycles. The summed E-state index contributed by atoms with van der Waals surface area (Å²) in [7, 11) is 0. The second kappa shape index (κ2) is 4.98. The molecule has 5 heteroatoms. The Kier molecular flexibility index (Phi) is 3.39. The van der Waals surface area contributed by atoms with Crippen molar-refractivity contribution in [2.45, 2.75) is 0 Å². The number of carbonyl (C=O) groups is 1. The van der Waals surface area contributed by atoms with E-state index in [1.807, 2.05) is 0 Å². The number of aromatic hydroxyl groups is 2. The lowest BCUT2D eigenvalue weighted by atomic mass is 10.2. The molecular formula is C13H9ClO4. The highest BCUT2D eigenvalue weighted by Gasteiger charge is 2.11. The van der Waals surface area contributed by atoms with Gasteiger partial charge in [0.1, 0.15) is 17.2 Å². The van der Waals surface area contributed by atoms with Crippen LogP contribution in [-0.4, -0.2) is 16.2 Å². The molecule has 2 N–H and O–H groups in total. The molecule has 0 saturated heterocycles. The van der Waals surface area contributed by atoms with Crippen LogP contribution in [0, 0.1) is 0 Å². The molecule has 2 rings (SSSR count). The van der Waals surface area contributed by atoms with Crippen molar-refractivity contribution in [3.05, 3.63) is 53.1 Å². The fourth-order valence-corrected chi connectivity index (χ4v) is 1.54. The van der Waals surface area contributed by atoms with Gasteiger partial charge in [0.2, 0.25) is 0 Å². The highest BCUT2D eigenvalue weighted by molar-refractivity contribution is 6.32. The van der Waals surface area contributed by atoms with Gasteiger partial charge < -0.3 is 14.9 Å². The van der Waals surface area contributed by atoms with E-state index >= 15 is 0 Å². The number of hydrogen-bond acceptors (Lipinski definition) is 4. The first kappa shape index (κ1) is 12.3. The van der Waals surface area contributed by atoms with Crippen LogP contribution in [0.1, 0.15) is 10.4 Å². The second-order valence-corrected chi connectivity index (χ2v) is 3.96. The Morgan fingerprint density at radius 3 is 2.22 bits per heavy atom. The molecule has 2 aromatic rings.